The molecule has 0 spiro atoms. The van der Waals surface area contributed by atoms with Crippen LogP contribution in [0.4, 0.5) is 13.2 Å². The van der Waals surface area contributed by atoms with Crippen LogP contribution in [0.25, 0.3) is 0 Å². The minimum Gasteiger partial charge on any atom is -0.475 e. The van der Waals surface area contributed by atoms with E-state index in [1.165, 1.54) is 31.3 Å². The van der Waals surface area contributed by atoms with E-state index in [4.69, 9.17) is 33.1 Å². The van der Waals surface area contributed by atoms with Crippen molar-refractivity contribution in [3.05, 3.63) is 75.3 Å². The summed E-state index contributed by atoms with van der Waals surface area (Å²) in [5.41, 5.74) is 2.50. The summed E-state index contributed by atoms with van der Waals surface area (Å²) in [6, 6.07) is 10.8. The summed E-state index contributed by atoms with van der Waals surface area (Å²) < 4.78 is 58.6. The number of rotatable bonds is 8. The molecule has 0 unspecified atom stereocenters. The topological polar surface area (TPSA) is 119 Å². The first-order chi connectivity index (χ1) is 18.6. The summed E-state index contributed by atoms with van der Waals surface area (Å²) in [4.78, 5) is 27.3. The molecule has 0 bridgehead atoms. The summed E-state index contributed by atoms with van der Waals surface area (Å²) in [6.07, 6.45) is -2.20. The Bertz CT molecular complexity index is 1400. The summed E-state index contributed by atoms with van der Waals surface area (Å²) in [5.74, 6) is -2.09. The maximum absolute atomic E-state index is 12.8. The van der Waals surface area contributed by atoms with Crippen LogP contribution in [-0.4, -0.2) is 80.3 Å². The highest BCUT2D eigenvalue weighted by molar-refractivity contribution is 7.89. The first-order valence-electron chi connectivity index (χ1n) is 11.6. The Hall–Kier alpha value is -3.13. The molecule has 1 heterocycles. The van der Waals surface area contributed by atoms with E-state index in [1.807, 2.05) is 24.3 Å². The molecule has 0 radical (unpaired) electrons. The van der Waals surface area contributed by atoms with E-state index in [1.54, 1.807) is 18.9 Å². The highest BCUT2D eigenvalue weighted by atomic mass is 35.5. The molecule has 0 saturated heterocycles. The van der Waals surface area contributed by atoms with Crippen LogP contribution in [0, 0.1) is 6.92 Å². The maximum atomic E-state index is 12.8. The van der Waals surface area contributed by atoms with Crippen molar-refractivity contribution in [1.29, 1.82) is 0 Å². The van der Waals surface area contributed by atoms with Crippen molar-refractivity contribution in [3.8, 4) is 0 Å². The van der Waals surface area contributed by atoms with Gasteiger partial charge in [-0.1, -0.05) is 53.5 Å². The highest BCUT2D eigenvalue weighted by Crippen LogP contribution is 2.31. The quantitative estimate of drug-likeness (QED) is 0.428. The van der Waals surface area contributed by atoms with Crippen LogP contribution < -0.4 is 5.32 Å². The van der Waals surface area contributed by atoms with Crippen molar-refractivity contribution >= 4 is 50.9 Å². The van der Waals surface area contributed by atoms with Crippen LogP contribution in [0.5, 0.6) is 0 Å². The maximum Gasteiger partial charge on any atom is 0.490 e. The smallest absolute Gasteiger partial charge is 0.475 e. The lowest BCUT2D eigenvalue weighted by Crippen LogP contribution is -2.28. The second-order valence-electron chi connectivity index (χ2n) is 8.52. The number of nitrogens with zero attached hydrogens (tertiary/aromatic N) is 3. The number of carboxylic acid groups (broad SMARTS) is 1. The molecule has 0 atom stereocenters. The molecule has 2 N–H and O–H groups in total. The lowest BCUT2D eigenvalue weighted by Gasteiger charge is -2.18. The number of carbonyl (C=O) groups is 2. The molecule has 3 rings (SSSR count). The van der Waals surface area contributed by atoms with E-state index in [0.29, 0.717) is 17.1 Å². The molecule has 2 aromatic rings. The molecule has 1 amide bonds. The first kappa shape index (κ1) is 33.1. The van der Waals surface area contributed by atoms with Crippen molar-refractivity contribution in [2.75, 3.05) is 33.7 Å². The SMILES string of the molecule is Cc1c(Cl)ccc(S(=O)(=O)N(C)C/C=C/C(=O)N(C)Cc2ccc(C3=NCCN3)cc2)c1Cl.O=C(O)C(F)(F)F. The van der Waals surface area contributed by atoms with Gasteiger partial charge in [-0.2, -0.15) is 17.5 Å². The predicted octanol–water partition coefficient (Wildman–Crippen LogP) is 4.12. The third kappa shape index (κ3) is 8.95. The van der Waals surface area contributed by atoms with E-state index in [-0.39, 0.29) is 22.4 Å². The van der Waals surface area contributed by atoms with Gasteiger partial charge in [-0.05, 0) is 30.2 Å². The zero-order valence-electron chi connectivity index (χ0n) is 21.7. The fourth-order valence-electron chi connectivity index (χ4n) is 3.24. The number of likely N-dealkylation sites (N-methyl/N-ethyl adjacent to an activating group) is 2. The molecule has 15 heteroatoms. The van der Waals surface area contributed by atoms with Gasteiger partial charge < -0.3 is 15.3 Å². The van der Waals surface area contributed by atoms with Gasteiger partial charge in [0.05, 0.1) is 11.6 Å². The second-order valence-corrected chi connectivity index (χ2v) is 11.3. The number of hydrogen-bond acceptors (Lipinski definition) is 6. The minimum absolute atomic E-state index is 0.0176. The number of nitrogens with one attached hydrogen (secondary N) is 1. The van der Waals surface area contributed by atoms with Crippen LogP contribution in [0.2, 0.25) is 10.0 Å². The summed E-state index contributed by atoms with van der Waals surface area (Å²) in [5, 5.41) is 10.8. The van der Waals surface area contributed by atoms with Crippen molar-refractivity contribution in [2.24, 2.45) is 4.99 Å². The molecule has 9 nitrogen and oxygen atoms in total. The molecule has 1 aliphatic heterocycles. The summed E-state index contributed by atoms with van der Waals surface area (Å²) in [6.45, 7) is 3.74. The Kier molecular flexibility index (Phi) is 11.6. The Morgan fingerprint density at radius 3 is 2.25 bits per heavy atom. The van der Waals surface area contributed by atoms with Gasteiger partial charge in [-0.25, -0.2) is 13.2 Å². The normalized spacial score (nSPS) is 13.5. The average molecular weight is 623 g/mol. The van der Waals surface area contributed by atoms with Gasteiger partial charge in [0, 0.05) is 50.4 Å². The van der Waals surface area contributed by atoms with Crippen LogP contribution in [0.3, 0.4) is 0 Å². The van der Waals surface area contributed by atoms with Gasteiger partial charge in [0.15, 0.2) is 0 Å². The first-order valence-corrected chi connectivity index (χ1v) is 13.8. The molecule has 0 aliphatic carbocycles. The molecule has 218 valence electrons. The number of aliphatic carboxylic acids is 1. The third-order valence-corrected chi connectivity index (χ3v) is 8.41. The van der Waals surface area contributed by atoms with E-state index >= 15 is 0 Å². The van der Waals surface area contributed by atoms with E-state index < -0.39 is 22.2 Å². The average Bonchev–Trinajstić information content (AvgIpc) is 3.42. The van der Waals surface area contributed by atoms with Crippen molar-refractivity contribution in [3.63, 3.8) is 0 Å². The van der Waals surface area contributed by atoms with Crippen molar-refractivity contribution in [1.82, 2.24) is 14.5 Å². The number of amidine groups is 1. The standard InChI is InChI=1S/C23H26Cl2N4O3S.C2HF3O2/c1-16-19(24)10-11-20(22(16)25)33(31,32)29(3)14-4-5-21(30)28(2)15-17-6-8-18(9-7-17)23-26-12-13-27-23;3-2(4,5)1(6)7/h4-11H,12-15H2,1-3H3,(H,26,27);(H,6,7)/b5-4+;. The fourth-order valence-corrected chi connectivity index (χ4v) is 5.14. The lowest BCUT2D eigenvalue weighted by molar-refractivity contribution is -0.192. The van der Waals surface area contributed by atoms with E-state index in [9.17, 15) is 26.4 Å². The molecule has 40 heavy (non-hydrogen) atoms. The summed E-state index contributed by atoms with van der Waals surface area (Å²) in [7, 11) is -0.711. The molecule has 0 fully saturated rings. The Morgan fingerprint density at radius 2 is 1.73 bits per heavy atom. The van der Waals surface area contributed by atoms with Gasteiger partial charge in [0.25, 0.3) is 0 Å². The molecule has 0 saturated carbocycles. The molecular formula is C25H27Cl2F3N4O5S. The van der Waals surface area contributed by atoms with Crippen molar-refractivity contribution in [2.45, 2.75) is 24.5 Å². The molecular weight excluding hydrogens is 596 g/mol. The van der Waals surface area contributed by atoms with Gasteiger partial charge in [-0.3, -0.25) is 9.79 Å². The number of amides is 1. The Balaban J connectivity index is 0.000000708. The number of halogens is 5. The third-order valence-electron chi connectivity index (χ3n) is 5.54. The number of alkyl halides is 3. The zero-order chi connectivity index (χ0) is 30.3. The molecule has 0 aromatic heterocycles. The van der Waals surface area contributed by atoms with Crippen LogP contribution in [0.1, 0.15) is 16.7 Å². The van der Waals surface area contributed by atoms with Crippen LogP contribution in [0.15, 0.2) is 58.4 Å². The molecule has 1 aliphatic rings. The number of sulfonamides is 1. The van der Waals surface area contributed by atoms with E-state index in [2.05, 4.69) is 10.3 Å². The van der Waals surface area contributed by atoms with Crippen LogP contribution in [-0.2, 0) is 26.2 Å². The number of benzene rings is 2. The van der Waals surface area contributed by atoms with Crippen molar-refractivity contribution < 1.29 is 36.3 Å². The minimum atomic E-state index is -5.08. The summed E-state index contributed by atoms with van der Waals surface area (Å²) >= 11 is 12.2. The highest BCUT2D eigenvalue weighted by Gasteiger charge is 2.38. The number of carboxylic acids is 1. The van der Waals surface area contributed by atoms with Gasteiger partial charge in [0.2, 0.25) is 15.9 Å². The fraction of sp³-hybridized carbons (Fsp3) is 0.320. The lowest BCUT2D eigenvalue weighted by atomic mass is 10.1. The zero-order valence-corrected chi connectivity index (χ0v) is 24.0. The predicted molar refractivity (Wildman–Crippen MR) is 146 cm³/mol. The van der Waals surface area contributed by atoms with E-state index in [0.717, 1.165) is 34.4 Å². The Labute approximate surface area is 239 Å². The number of aliphatic imine (C=N–C) groups is 1. The number of hydrogen-bond donors (Lipinski definition) is 2. The molecule has 2 aromatic carbocycles. The Morgan fingerprint density at radius 1 is 1.12 bits per heavy atom. The number of carbonyl (C=O) groups excluding carboxylic acids is 1. The largest absolute Gasteiger partial charge is 0.490 e. The van der Waals surface area contributed by atoms with Gasteiger partial charge in [-0.15, -0.1) is 0 Å². The second kappa shape index (κ2) is 14.0. The van der Waals surface area contributed by atoms with Gasteiger partial charge in [0.1, 0.15) is 10.7 Å². The van der Waals surface area contributed by atoms with Crippen LogP contribution >= 0.6 is 23.2 Å². The monoisotopic (exact) mass is 622 g/mol. The van der Waals surface area contributed by atoms with Gasteiger partial charge >= 0.3 is 12.1 Å².